The minimum Gasteiger partial charge on any atom is -0.478 e. The van der Waals surface area contributed by atoms with Gasteiger partial charge < -0.3 is 10.4 Å². The number of aliphatic carboxylic acids is 1. The fraction of sp³-hybridized carbons (Fsp3) is 0.407. The van der Waals surface area contributed by atoms with E-state index in [2.05, 4.69) is 15.0 Å². The second kappa shape index (κ2) is 24.9. The predicted octanol–water partition coefficient (Wildman–Crippen LogP) is 20.2. The number of hydrogen-bond donors (Lipinski definition) is 3. The number of hydrazine groups is 2. The number of nitrogens with zero attached hydrogens (tertiary/aromatic N) is 7. The van der Waals surface area contributed by atoms with Gasteiger partial charge in [-0.05, 0) is 11.6 Å². The molecular weight excluding hydrogens is 1860 g/mol. The first-order valence-electron chi connectivity index (χ1n) is 28.9. The maximum absolute atomic E-state index is 18.5. The van der Waals surface area contributed by atoms with Crippen molar-refractivity contribution < 1.29 is 256 Å². The van der Waals surface area contributed by atoms with Crippen molar-refractivity contribution in [3.05, 3.63) is 118 Å². The topological polar surface area (TPSA) is 114 Å². The fourth-order valence-electron chi connectivity index (χ4n) is 13.1. The molecule has 0 radical (unpaired) electrons. The first-order chi connectivity index (χ1) is 53.1. The Hall–Kier alpha value is -9.92. The van der Waals surface area contributed by atoms with Gasteiger partial charge in [0, 0.05) is 9.87 Å². The van der Waals surface area contributed by atoms with Gasteiger partial charge in [-0.2, -0.15) is 194 Å². The number of hydrogen-bond acceptors (Lipinski definition) is 7. The lowest BCUT2D eigenvalue weighted by Crippen LogP contribution is -2.57. The summed E-state index contributed by atoms with van der Waals surface area (Å²) in [5.41, 5.74) is -118. The van der Waals surface area contributed by atoms with Gasteiger partial charge in [-0.3, -0.25) is 9.13 Å². The number of carboxylic acid groups (broad SMARTS) is 1. The molecule has 0 fully saturated rings. The van der Waals surface area contributed by atoms with Gasteiger partial charge in [-0.15, -0.1) is 11.3 Å². The number of aromatic nitrogens is 2. The maximum Gasteiger partial charge on any atom is 0.436 e. The summed E-state index contributed by atoms with van der Waals surface area (Å²) < 4.78 is 840. The van der Waals surface area contributed by atoms with Crippen LogP contribution in [0.2, 0.25) is 0 Å². The van der Waals surface area contributed by atoms with Crippen molar-refractivity contribution in [1.29, 1.82) is 0 Å². The Bertz CT molecular complexity index is 5670. The van der Waals surface area contributed by atoms with Gasteiger partial charge in [0.1, 0.15) is 69.7 Å². The van der Waals surface area contributed by atoms with Gasteiger partial charge in [0.2, 0.25) is 0 Å². The normalized spacial score (nSPS) is 17.5. The van der Waals surface area contributed by atoms with E-state index in [1.807, 2.05) is 0 Å². The minimum absolute atomic E-state index is 0.480. The number of halogens is 54. The van der Waals surface area contributed by atoms with E-state index < -0.39 is 343 Å². The third-order valence-corrected chi connectivity index (χ3v) is 19.3. The van der Waals surface area contributed by atoms with E-state index in [4.69, 9.17) is 0 Å². The Morgan fingerprint density at radius 1 is 0.383 bits per heavy atom. The predicted molar refractivity (Wildman–Crippen MR) is 273 cm³/mol. The van der Waals surface area contributed by atoms with E-state index >= 15 is 224 Å². The zero-order valence-corrected chi connectivity index (χ0v) is 54.0. The lowest BCUT2D eigenvalue weighted by Gasteiger charge is -2.37. The number of benzene rings is 3. The Balaban J connectivity index is 1.66. The quantitative estimate of drug-likeness (QED) is 0.0800. The largest absolute Gasteiger partial charge is 0.478 e. The van der Waals surface area contributed by atoms with Gasteiger partial charge in [-0.25, -0.2) is 57.5 Å². The minimum atomic E-state index is -9.07. The SMILES string of the molecule is O=C(O)C(=Cc1sc2c3n4c(c2c1C(F)(F)F)=NC1=[N+]2N[N+]5=C(N=3)c3c(F)c(C(F)(C(F)(F)F)C(F)(F)F)c(C(F)(C(F)(F)F)C(F)(F)F)c(F)c3C5=Nc3c5c(F)c(C(F)(C(F)(F)F)C(F)(F)F)c(C(F)(C(F)(F)F)C(F)(F)F)c(F)c5c(n3C4)NC2c2c(F)c(C(F)(C(F)(F)F)C(F)(F)F)c(C(F)(C(F)(F)F)C(F)(F)F)c(F)c21)C(F)(F)F. The van der Waals surface area contributed by atoms with E-state index in [-0.39, 0.29) is 0 Å². The van der Waals surface area contributed by atoms with Crippen LogP contribution in [-0.4, -0.2) is 127 Å². The molecule has 0 aliphatic carbocycles. The highest BCUT2D eigenvalue weighted by Crippen LogP contribution is 2.69. The molecule has 6 aromatic rings. The summed E-state index contributed by atoms with van der Waals surface area (Å²) in [5.74, 6) is -53.8. The summed E-state index contributed by atoms with van der Waals surface area (Å²) in [5, 5.41) is -1.37. The molecule has 0 amide bonds. The van der Waals surface area contributed by atoms with Crippen molar-refractivity contribution in [3.63, 3.8) is 0 Å². The Labute approximate surface area is 615 Å². The lowest BCUT2D eigenvalue weighted by atomic mass is 9.78. The Morgan fingerprint density at radius 2 is 0.708 bits per heavy atom. The van der Waals surface area contributed by atoms with Gasteiger partial charge in [0.25, 0.3) is 23.3 Å². The molecule has 12 rings (SSSR count). The Morgan fingerprint density at radius 3 is 1.05 bits per heavy atom. The number of thiophene rings is 1. The summed E-state index contributed by atoms with van der Waals surface area (Å²) in [6.45, 7) is -3.48. The Kier molecular flexibility index (Phi) is 18.9. The van der Waals surface area contributed by atoms with E-state index in [0.29, 0.717) is 10.9 Å². The molecular formula is C54H7F54N9O2S+2. The third-order valence-electron chi connectivity index (χ3n) is 18.1. The molecule has 662 valence electrons. The number of carbonyl (C=O) groups is 1. The number of hydrazone groups is 2. The summed E-state index contributed by atoms with van der Waals surface area (Å²) in [7, 11) is 0. The van der Waals surface area contributed by atoms with Crippen molar-refractivity contribution >= 4 is 73.4 Å². The van der Waals surface area contributed by atoms with Gasteiger partial charge >= 0.3 is 132 Å². The van der Waals surface area contributed by atoms with Crippen molar-refractivity contribution in [2.45, 2.75) is 133 Å². The number of aliphatic imine (C=N–C) groups is 1. The standard InChI is InChI=1S/C54H5F54N9O2S/c55-19-5-6(20(56)14(36(62,45(79,80)81)46(82,83)84)13(19)35(61,43(73,74)75)44(76,77)78)27-110-30-9-10(24(60)18(40(66,53(103,104)105)54(106,107)108)17(23(9)59)39(65,51(97,98)99)52(100,101)102)32-112-33-25-11(12(42(70,71)72)4(120-25)1-3(34(118)119)41(67,68)69)28-111-31-8-7(29(116(31)113-117(30)32)109-26(5)114(27)2-115(28)33)21(57)15(37(63,47(85,86)87)48(88,89)90)16(22(8)58)38(64,49(91,92)93)50(94,95)96/h1,29H,2H2,(H-,109,112,113,118,119)/p+2. The highest BCUT2D eigenvalue weighted by atomic mass is 32.1. The van der Waals surface area contributed by atoms with Crippen LogP contribution >= 0.6 is 11.3 Å². The van der Waals surface area contributed by atoms with Crippen molar-refractivity contribution in [2.24, 2.45) is 15.0 Å². The molecule has 6 aliphatic heterocycles. The van der Waals surface area contributed by atoms with Crippen LogP contribution in [0.1, 0.15) is 72.2 Å². The molecule has 6 aliphatic rings. The van der Waals surface area contributed by atoms with Crippen molar-refractivity contribution in [1.82, 2.24) is 14.7 Å². The molecule has 12 bridgehead atoms. The molecule has 66 heteroatoms. The van der Waals surface area contributed by atoms with Crippen molar-refractivity contribution in [2.75, 3.05) is 5.32 Å². The van der Waals surface area contributed by atoms with Crippen LogP contribution in [0.4, 0.5) is 249 Å². The smallest absolute Gasteiger partial charge is 0.436 e. The fourth-order valence-corrected chi connectivity index (χ4v) is 14.4. The highest BCUT2D eigenvalue weighted by molar-refractivity contribution is 7.20. The lowest BCUT2D eigenvalue weighted by molar-refractivity contribution is -0.786. The molecule has 1 atom stereocenters. The molecule has 0 saturated heterocycles. The van der Waals surface area contributed by atoms with Crippen molar-refractivity contribution in [3.8, 4) is 0 Å². The second-order valence-electron chi connectivity index (χ2n) is 24.7. The van der Waals surface area contributed by atoms with E-state index in [9.17, 15) is 23.1 Å². The number of carboxylic acids is 1. The van der Waals surface area contributed by atoms with Crippen LogP contribution in [0.3, 0.4) is 0 Å². The molecule has 0 saturated carbocycles. The van der Waals surface area contributed by atoms with Crippen LogP contribution in [0.5, 0.6) is 0 Å². The zero-order valence-electron chi connectivity index (χ0n) is 53.2. The number of alkyl halides is 48. The van der Waals surface area contributed by atoms with Gasteiger partial charge in [0.15, 0.2) is 11.3 Å². The van der Waals surface area contributed by atoms with Crippen LogP contribution in [-0.2, 0) is 51.7 Å². The summed E-state index contributed by atoms with van der Waals surface area (Å²) in [4.78, 5) is 17.5. The molecule has 120 heavy (non-hydrogen) atoms. The monoisotopic (exact) mass is 1870 g/mol. The number of nitrogens with one attached hydrogen (secondary N) is 2. The molecule has 0 spiro atoms. The average Bonchev–Trinajstić information content (AvgIpc) is 1.40. The summed E-state index contributed by atoms with van der Waals surface area (Å²) >= 11 is -1.68. The number of amidine groups is 3. The zero-order chi connectivity index (χ0) is 92.4. The van der Waals surface area contributed by atoms with E-state index in [1.165, 1.54) is 0 Å². The van der Waals surface area contributed by atoms with Crippen LogP contribution < -0.4 is 21.8 Å². The number of fused-ring (bicyclic) bond motifs is 4. The summed E-state index contributed by atoms with van der Waals surface area (Å²) in [6.07, 6.45) is -128. The number of anilines is 1. The number of rotatable bonds is 8. The first kappa shape index (κ1) is 90.8. The van der Waals surface area contributed by atoms with E-state index in [1.54, 1.807) is 0 Å². The maximum atomic E-state index is 18.5. The highest BCUT2D eigenvalue weighted by Gasteiger charge is 2.86. The van der Waals surface area contributed by atoms with Crippen LogP contribution in [0.15, 0.2) is 20.6 Å². The molecule has 3 N–H and O–H groups in total. The molecule has 1 unspecified atom stereocenters. The third kappa shape index (κ3) is 11.4. The second-order valence-corrected chi connectivity index (χ2v) is 25.8. The average molecular weight is 1870 g/mol. The van der Waals surface area contributed by atoms with E-state index in [0.717, 1.165) is 0 Å². The van der Waals surface area contributed by atoms with Crippen LogP contribution in [0, 0.1) is 34.9 Å². The van der Waals surface area contributed by atoms with Crippen LogP contribution in [0.25, 0.3) is 26.9 Å². The molecule has 3 aromatic carbocycles. The first-order valence-corrected chi connectivity index (χ1v) is 29.8. The molecule has 3 aromatic heterocycles. The molecule has 11 nitrogen and oxygen atoms in total. The van der Waals surface area contributed by atoms with Gasteiger partial charge in [-0.1, -0.05) is 9.37 Å². The summed E-state index contributed by atoms with van der Waals surface area (Å²) in [6, 6.07) is 0. The van der Waals surface area contributed by atoms with Gasteiger partial charge in [0.05, 0.1) is 65.4 Å². The molecule has 9 heterocycles.